The molecule has 5 fully saturated rings. The average molecular weight is 711 g/mol. The molecule has 0 amide bonds. The predicted octanol–water partition coefficient (Wildman–Crippen LogP) is 9.13. The van der Waals surface area contributed by atoms with Gasteiger partial charge in [-0.2, -0.15) is 0 Å². The molecule has 5 rings (SSSR count). The zero-order chi connectivity index (χ0) is 39.2. The van der Waals surface area contributed by atoms with Gasteiger partial charge in [-0.05, 0) is 120 Å². The lowest BCUT2D eigenvalue weighted by Crippen LogP contribution is -2.32. The van der Waals surface area contributed by atoms with Crippen molar-refractivity contribution < 1.29 is 40.1 Å². The lowest BCUT2D eigenvalue weighted by Gasteiger charge is -2.32. The Morgan fingerprint density at radius 2 is 0.796 bits per heavy atom. The van der Waals surface area contributed by atoms with Gasteiger partial charge < -0.3 is 40.1 Å². The van der Waals surface area contributed by atoms with E-state index in [-0.39, 0.29) is 11.7 Å². The van der Waals surface area contributed by atoms with Crippen molar-refractivity contribution in [3.05, 3.63) is 0 Å². The fourth-order valence-corrected chi connectivity index (χ4v) is 5.63. The molecule has 2 atom stereocenters. The van der Waals surface area contributed by atoms with Crippen LogP contribution in [0, 0.1) is 5.92 Å². The fraction of sp³-hybridized carbons (Fsp3) is 1.00. The van der Waals surface area contributed by atoms with E-state index in [1.165, 1.54) is 70.6 Å². The average Bonchev–Trinajstić information content (AvgIpc) is 3.66. The molecule has 8 nitrogen and oxygen atoms in total. The van der Waals surface area contributed by atoms with E-state index in [1.807, 2.05) is 48.5 Å². The van der Waals surface area contributed by atoms with Crippen LogP contribution in [-0.4, -0.2) is 91.7 Å². The summed E-state index contributed by atoms with van der Waals surface area (Å²) in [4.78, 5) is 0. The molecule has 6 N–H and O–H groups in total. The van der Waals surface area contributed by atoms with Gasteiger partial charge in [-0.1, -0.05) is 85.5 Å². The Bertz CT molecular complexity index is 600. The molecule has 2 saturated heterocycles. The van der Waals surface area contributed by atoms with Crippen molar-refractivity contribution in [2.45, 2.75) is 240 Å². The second-order valence-corrected chi connectivity index (χ2v) is 16.1. The van der Waals surface area contributed by atoms with Gasteiger partial charge in [0.2, 0.25) is 0 Å². The molecule has 0 bridgehead atoms. The van der Waals surface area contributed by atoms with Gasteiger partial charge >= 0.3 is 0 Å². The summed E-state index contributed by atoms with van der Waals surface area (Å²) in [6.07, 6.45) is 21.3. The van der Waals surface area contributed by atoms with Crippen LogP contribution in [0.3, 0.4) is 0 Å². The van der Waals surface area contributed by atoms with Crippen molar-refractivity contribution in [1.82, 2.24) is 0 Å². The highest BCUT2D eigenvalue weighted by molar-refractivity contribution is 4.81. The molecule has 2 heterocycles. The first kappa shape index (κ1) is 55.4. The highest BCUT2D eigenvalue weighted by atomic mass is 16.6. The zero-order valence-corrected chi connectivity index (χ0v) is 35.2. The molecule has 0 aromatic carbocycles. The van der Waals surface area contributed by atoms with Crippen LogP contribution >= 0.6 is 0 Å². The van der Waals surface area contributed by atoms with Crippen LogP contribution < -0.4 is 0 Å². The maximum absolute atomic E-state index is 9.64. The third kappa shape index (κ3) is 43.8. The first-order chi connectivity index (χ1) is 22.7. The molecular formula is C41H90O8. The summed E-state index contributed by atoms with van der Waals surface area (Å²) in [5, 5.41) is 52.0. The van der Waals surface area contributed by atoms with Gasteiger partial charge in [0.25, 0.3) is 0 Å². The molecule has 3 aliphatic carbocycles. The standard InChI is InChI=1S/C9H18O.C7H14O.C6H10O2.C6H12O.2C4H10O.2C2H6.CH4O/c1-9(2,10)8-6-4-3-5-7-8;1-7(8)5-3-2-4-6-7;1-3-7-6-2-4-8-5(1)6;7-6-4-2-1-3-5-6;2*1-4(2,3)5;3*1-2/h8,10H,3-7H2,1-2H3;8H,2-6H2,1H3;5-6H,1-4H2;6-7H,1-5H2;2*5H,1-3H3;2*1-2H3;2H,1H3/t;;5-,6-;;;;;;/m..0....../s1. The highest BCUT2D eigenvalue weighted by Crippen LogP contribution is 2.32. The summed E-state index contributed by atoms with van der Waals surface area (Å²) in [7, 11) is 1.00. The zero-order valence-electron chi connectivity index (χ0n) is 35.2. The van der Waals surface area contributed by atoms with Gasteiger partial charge in [-0.3, -0.25) is 0 Å². The number of hydrogen-bond donors (Lipinski definition) is 6. The van der Waals surface area contributed by atoms with E-state index < -0.39 is 16.8 Å². The van der Waals surface area contributed by atoms with Crippen molar-refractivity contribution in [3.63, 3.8) is 0 Å². The number of rotatable bonds is 1. The van der Waals surface area contributed by atoms with Crippen LogP contribution in [0.4, 0.5) is 0 Å². The van der Waals surface area contributed by atoms with E-state index in [0.717, 1.165) is 58.8 Å². The number of hydrogen-bond acceptors (Lipinski definition) is 8. The molecule has 0 unspecified atom stereocenters. The number of ether oxygens (including phenoxy) is 2. The predicted molar refractivity (Wildman–Crippen MR) is 209 cm³/mol. The summed E-state index contributed by atoms with van der Waals surface area (Å²) in [5.74, 6) is 0.557. The van der Waals surface area contributed by atoms with Crippen molar-refractivity contribution >= 4 is 0 Å². The third-order valence-electron chi connectivity index (χ3n) is 7.99. The second-order valence-electron chi connectivity index (χ2n) is 16.1. The number of aliphatic hydroxyl groups is 6. The van der Waals surface area contributed by atoms with E-state index in [4.69, 9.17) is 29.9 Å². The Labute approximate surface area is 305 Å². The number of fused-ring (bicyclic) bond motifs is 1. The Kier molecular flexibility index (Phi) is 36.6. The van der Waals surface area contributed by atoms with Crippen LogP contribution in [0.25, 0.3) is 0 Å². The number of aliphatic hydroxyl groups excluding tert-OH is 2. The molecule has 0 aromatic rings. The summed E-state index contributed by atoms with van der Waals surface area (Å²) >= 11 is 0. The van der Waals surface area contributed by atoms with Gasteiger partial charge in [0.05, 0.1) is 40.7 Å². The van der Waals surface area contributed by atoms with Crippen molar-refractivity contribution in [2.75, 3.05) is 20.3 Å². The Balaban J connectivity index is -0.000000244. The topological polar surface area (TPSA) is 140 Å². The van der Waals surface area contributed by atoms with Gasteiger partial charge in [0, 0.05) is 20.3 Å². The molecule has 2 aliphatic heterocycles. The smallest absolute Gasteiger partial charge is 0.0859 e. The maximum atomic E-state index is 9.64. The molecule has 0 spiro atoms. The largest absolute Gasteiger partial charge is 0.400 e. The first-order valence-corrected chi connectivity index (χ1v) is 19.9. The van der Waals surface area contributed by atoms with E-state index >= 15 is 0 Å². The fourth-order valence-electron chi connectivity index (χ4n) is 5.63. The van der Waals surface area contributed by atoms with Gasteiger partial charge in [-0.25, -0.2) is 0 Å². The Morgan fingerprint density at radius 3 is 1.00 bits per heavy atom. The minimum Gasteiger partial charge on any atom is -0.400 e. The maximum Gasteiger partial charge on any atom is 0.0859 e. The summed E-state index contributed by atoms with van der Waals surface area (Å²) in [6, 6.07) is 0. The van der Waals surface area contributed by atoms with Gasteiger partial charge in [0.15, 0.2) is 0 Å². The van der Waals surface area contributed by atoms with Crippen LogP contribution in [0.1, 0.15) is 199 Å². The van der Waals surface area contributed by atoms with Crippen LogP contribution in [-0.2, 0) is 9.47 Å². The molecule has 8 heteroatoms. The van der Waals surface area contributed by atoms with Crippen molar-refractivity contribution in [2.24, 2.45) is 5.92 Å². The van der Waals surface area contributed by atoms with Crippen molar-refractivity contribution in [1.29, 1.82) is 0 Å². The first-order valence-electron chi connectivity index (χ1n) is 19.9. The summed E-state index contributed by atoms with van der Waals surface area (Å²) in [6.45, 7) is 26.1. The minimum atomic E-state index is -0.500. The second kappa shape index (κ2) is 32.3. The molecule has 49 heavy (non-hydrogen) atoms. The lowest BCUT2D eigenvalue weighted by molar-refractivity contribution is 0.000815. The Morgan fingerprint density at radius 1 is 0.510 bits per heavy atom. The van der Waals surface area contributed by atoms with Gasteiger partial charge in [-0.15, -0.1) is 0 Å². The molecule has 5 aliphatic rings. The van der Waals surface area contributed by atoms with E-state index in [1.54, 1.807) is 41.5 Å². The van der Waals surface area contributed by atoms with Crippen molar-refractivity contribution in [3.8, 4) is 0 Å². The lowest BCUT2D eigenvalue weighted by atomic mass is 9.79. The van der Waals surface area contributed by atoms with Crippen LogP contribution in [0.5, 0.6) is 0 Å². The molecule has 0 radical (unpaired) electrons. The van der Waals surface area contributed by atoms with E-state index in [0.29, 0.717) is 18.1 Å². The quantitative estimate of drug-likeness (QED) is 0.158. The highest BCUT2D eigenvalue weighted by Gasteiger charge is 2.33. The van der Waals surface area contributed by atoms with Crippen LogP contribution in [0.2, 0.25) is 0 Å². The normalized spacial score (nSPS) is 23.0. The van der Waals surface area contributed by atoms with E-state index in [2.05, 4.69) is 0 Å². The Hall–Kier alpha value is -0.320. The van der Waals surface area contributed by atoms with Crippen LogP contribution in [0.15, 0.2) is 0 Å². The summed E-state index contributed by atoms with van der Waals surface area (Å²) in [5.41, 5.74) is -1.75. The summed E-state index contributed by atoms with van der Waals surface area (Å²) < 4.78 is 10.7. The molecular weight excluding hydrogens is 620 g/mol. The SMILES string of the molecule is C1C[C@@H]2OCC[C@@H]2O1.CC.CC.CC(C)(C)O.CC(C)(C)O.CC(C)(O)C1CCCCC1.CC1(O)CCCCC1.CO.OC1CCCCC1. The molecule has 0 aromatic heterocycles. The monoisotopic (exact) mass is 711 g/mol. The van der Waals surface area contributed by atoms with E-state index in [9.17, 15) is 10.2 Å². The minimum absolute atomic E-state index is 0.0359. The molecule has 3 saturated carbocycles. The third-order valence-corrected chi connectivity index (χ3v) is 7.99. The molecule has 302 valence electrons. The van der Waals surface area contributed by atoms with Gasteiger partial charge in [0.1, 0.15) is 0 Å².